The summed E-state index contributed by atoms with van der Waals surface area (Å²) in [5.74, 6) is 0.870. The van der Waals surface area contributed by atoms with Gasteiger partial charge in [-0.1, -0.05) is 9.59 Å². The first kappa shape index (κ1) is 10.8. The number of rotatable bonds is 4. The van der Waals surface area contributed by atoms with Crippen LogP contribution in [0.5, 0.6) is 0 Å². The molecule has 1 aliphatic heterocycles. The standard InChI is InChI=1S/C9H17N5S/c1-14(9-11-12-13-15-9)7-4-8-2-5-10-6-3-8/h8,10H,2-7H2,1H3. The molecule has 2 rings (SSSR count). The molecule has 0 radical (unpaired) electrons. The fraction of sp³-hybridized carbons (Fsp3) is 0.889. The van der Waals surface area contributed by atoms with Crippen LogP contribution in [0.1, 0.15) is 19.3 Å². The highest BCUT2D eigenvalue weighted by Gasteiger charge is 2.14. The zero-order chi connectivity index (χ0) is 10.5. The monoisotopic (exact) mass is 227 g/mol. The Morgan fingerprint density at radius 3 is 2.93 bits per heavy atom. The molecular weight excluding hydrogens is 210 g/mol. The summed E-state index contributed by atoms with van der Waals surface area (Å²) in [5, 5.41) is 11.9. The van der Waals surface area contributed by atoms with Gasteiger partial charge in [-0.2, -0.15) is 0 Å². The first-order chi connectivity index (χ1) is 7.36. The van der Waals surface area contributed by atoms with Gasteiger partial charge in [-0.05, 0) is 43.5 Å². The van der Waals surface area contributed by atoms with Gasteiger partial charge in [0.2, 0.25) is 5.13 Å². The lowest BCUT2D eigenvalue weighted by Gasteiger charge is -2.24. The first-order valence-corrected chi connectivity index (χ1v) is 6.20. The Hall–Kier alpha value is -0.750. The van der Waals surface area contributed by atoms with Gasteiger partial charge in [0.1, 0.15) is 0 Å². The van der Waals surface area contributed by atoms with Crippen molar-refractivity contribution in [1.82, 2.24) is 20.1 Å². The largest absolute Gasteiger partial charge is 0.348 e. The molecule has 0 unspecified atom stereocenters. The SMILES string of the molecule is CN(CCC1CCNCC1)c1nnns1. The van der Waals surface area contributed by atoms with Crippen LogP contribution in [0.3, 0.4) is 0 Å². The topological polar surface area (TPSA) is 53.9 Å². The third kappa shape index (κ3) is 3.10. The van der Waals surface area contributed by atoms with Crippen LogP contribution in [0.2, 0.25) is 0 Å². The summed E-state index contributed by atoms with van der Waals surface area (Å²) in [7, 11) is 2.06. The van der Waals surface area contributed by atoms with E-state index in [9.17, 15) is 0 Å². The fourth-order valence-electron chi connectivity index (χ4n) is 1.92. The second-order valence-electron chi connectivity index (χ2n) is 4.05. The second-order valence-corrected chi connectivity index (χ2v) is 4.76. The Labute approximate surface area is 94.0 Å². The summed E-state index contributed by atoms with van der Waals surface area (Å²) in [6, 6.07) is 0. The summed E-state index contributed by atoms with van der Waals surface area (Å²) in [6.45, 7) is 3.41. The minimum atomic E-state index is 0.870. The Morgan fingerprint density at radius 2 is 2.27 bits per heavy atom. The van der Waals surface area contributed by atoms with E-state index in [0.717, 1.165) is 17.6 Å². The maximum atomic E-state index is 3.95. The number of nitrogens with zero attached hydrogens (tertiary/aromatic N) is 4. The highest BCUT2D eigenvalue weighted by molar-refractivity contribution is 7.09. The van der Waals surface area contributed by atoms with E-state index in [0.29, 0.717) is 0 Å². The van der Waals surface area contributed by atoms with Crippen molar-refractivity contribution < 1.29 is 0 Å². The van der Waals surface area contributed by atoms with Crippen molar-refractivity contribution in [3.05, 3.63) is 0 Å². The molecule has 0 aromatic carbocycles. The van der Waals surface area contributed by atoms with E-state index in [1.54, 1.807) is 0 Å². The van der Waals surface area contributed by atoms with Crippen molar-refractivity contribution in [1.29, 1.82) is 0 Å². The molecule has 1 saturated heterocycles. The number of nitrogens with one attached hydrogen (secondary N) is 1. The summed E-state index contributed by atoms with van der Waals surface area (Å²) in [6.07, 6.45) is 3.86. The lowest BCUT2D eigenvalue weighted by molar-refractivity contribution is 0.356. The van der Waals surface area contributed by atoms with Crippen LogP contribution >= 0.6 is 11.5 Å². The van der Waals surface area contributed by atoms with Gasteiger partial charge in [0, 0.05) is 25.1 Å². The van der Waals surface area contributed by atoms with Gasteiger partial charge in [0.05, 0.1) is 0 Å². The molecule has 1 aromatic rings. The predicted molar refractivity (Wildman–Crippen MR) is 61.2 cm³/mol. The normalized spacial score (nSPS) is 17.9. The van der Waals surface area contributed by atoms with Crippen molar-refractivity contribution in [2.24, 2.45) is 5.92 Å². The Kier molecular flexibility index (Phi) is 3.85. The average molecular weight is 227 g/mol. The van der Waals surface area contributed by atoms with Crippen LogP contribution in [0, 0.1) is 5.92 Å². The molecule has 0 saturated carbocycles. The van der Waals surface area contributed by atoms with Crippen molar-refractivity contribution in [2.75, 3.05) is 31.6 Å². The molecule has 5 nitrogen and oxygen atoms in total. The quantitative estimate of drug-likeness (QED) is 0.823. The molecule has 0 spiro atoms. The van der Waals surface area contributed by atoms with Gasteiger partial charge in [0.15, 0.2) is 0 Å². The Balaban J connectivity index is 1.73. The Morgan fingerprint density at radius 1 is 1.47 bits per heavy atom. The van der Waals surface area contributed by atoms with E-state index < -0.39 is 0 Å². The predicted octanol–water partition coefficient (Wildman–Crippen LogP) is 0.759. The molecule has 1 aliphatic rings. The summed E-state index contributed by atoms with van der Waals surface area (Å²) in [4.78, 5) is 2.15. The van der Waals surface area contributed by atoms with Gasteiger partial charge in [-0.25, -0.2) is 0 Å². The molecule has 15 heavy (non-hydrogen) atoms. The molecule has 0 atom stereocenters. The molecular formula is C9H17N5S. The van der Waals surface area contributed by atoms with Crippen molar-refractivity contribution >= 4 is 16.7 Å². The lowest BCUT2D eigenvalue weighted by atomic mass is 9.95. The highest BCUT2D eigenvalue weighted by atomic mass is 32.1. The number of hydrogen-bond donors (Lipinski definition) is 1. The molecule has 0 amide bonds. The van der Waals surface area contributed by atoms with E-state index >= 15 is 0 Å². The van der Waals surface area contributed by atoms with Crippen LogP contribution in [0.4, 0.5) is 5.13 Å². The fourth-order valence-corrected chi connectivity index (χ4v) is 2.37. The molecule has 2 heterocycles. The van der Waals surface area contributed by atoms with Crippen LogP contribution in [-0.2, 0) is 0 Å². The average Bonchev–Trinajstić information content (AvgIpc) is 2.81. The highest BCUT2D eigenvalue weighted by Crippen LogP contribution is 2.18. The van der Waals surface area contributed by atoms with Gasteiger partial charge in [-0.3, -0.25) is 0 Å². The number of aromatic nitrogens is 3. The van der Waals surface area contributed by atoms with Crippen molar-refractivity contribution in [3.63, 3.8) is 0 Å². The molecule has 1 fully saturated rings. The van der Waals surface area contributed by atoms with E-state index in [1.807, 2.05) is 0 Å². The minimum absolute atomic E-state index is 0.870. The maximum Gasteiger partial charge on any atom is 0.227 e. The summed E-state index contributed by atoms with van der Waals surface area (Å²) >= 11 is 1.36. The summed E-state index contributed by atoms with van der Waals surface area (Å²) in [5.41, 5.74) is 0. The third-order valence-electron chi connectivity index (χ3n) is 2.95. The molecule has 1 N–H and O–H groups in total. The molecule has 6 heteroatoms. The van der Waals surface area contributed by atoms with Gasteiger partial charge >= 0.3 is 0 Å². The zero-order valence-electron chi connectivity index (χ0n) is 9.02. The van der Waals surface area contributed by atoms with Crippen LogP contribution in [0.15, 0.2) is 0 Å². The lowest BCUT2D eigenvalue weighted by Crippen LogP contribution is -2.30. The van der Waals surface area contributed by atoms with Crippen LogP contribution < -0.4 is 10.2 Å². The minimum Gasteiger partial charge on any atom is -0.348 e. The molecule has 0 bridgehead atoms. The van der Waals surface area contributed by atoms with Gasteiger partial charge in [0.25, 0.3) is 0 Å². The molecule has 1 aromatic heterocycles. The molecule has 0 aliphatic carbocycles. The zero-order valence-corrected chi connectivity index (χ0v) is 9.83. The van der Waals surface area contributed by atoms with Gasteiger partial charge in [-0.15, -0.1) is 0 Å². The van der Waals surface area contributed by atoms with Crippen molar-refractivity contribution in [3.8, 4) is 0 Å². The Bertz CT molecular complexity index is 270. The second kappa shape index (κ2) is 5.37. The van der Waals surface area contributed by atoms with Crippen LogP contribution in [-0.4, -0.2) is 41.5 Å². The van der Waals surface area contributed by atoms with E-state index in [1.165, 1.54) is 43.9 Å². The number of piperidine rings is 1. The van der Waals surface area contributed by atoms with E-state index in [-0.39, 0.29) is 0 Å². The smallest absolute Gasteiger partial charge is 0.227 e. The van der Waals surface area contributed by atoms with Gasteiger partial charge < -0.3 is 10.2 Å². The van der Waals surface area contributed by atoms with E-state index in [2.05, 4.69) is 32.1 Å². The first-order valence-electron chi connectivity index (χ1n) is 5.43. The third-order valence-corrected chi connectivity index (χ3v) is 3.66. The summed E-state index contributed by atoms with van der Waals surface area (Å²) < 4.78 is 3.77. The van der Waals surface area contributed by atoms with E-state index in [4.69, 9.17) is 0 Å². The van der Waals surface area contributed by atoms with Crippen LogP contribution in [0.25, 0.3) is 0 Å². The number of hydrogen-bond acceptors (Lipinski definition) is 6. The van der Waals surface area contributed by atoms with Crippen molar-refractivity contribution in [2.45, 2.75) is 19.3 Å². The maximum absolute atomic E-state index is 3.95. The number of anilines is 1. The molecule has 84 valence electrons.